The molecule has 0 aromatic heterocycles. The van der Waals surface area contributed by atoms with Gasteiger partial charge in [0.05, 0.1) is 19.3 Å². The van der Waals surface area contributed by atoms with Crippen LogP contribution in [0.4, 0.5) is 0 Å². The van der Waals surface area contributed by atoms with Gasteiger partial charge in [0.1, 0.15) is 5.75 Å². The fourth-order valence-corrected chi connectivity index (χ4v) is 8.60. The normalized spacial score (nSPS) is 39.9. The van der Waals surface area contributed by atoms with E-state index in [1.165, 1.54) is 28.7 Å². The summed E-state index contributed by atoms with van der Waals surface area (Å²) in [6, 6.07) is 8.73. The maximum absolute atomic E-state index is 12.3. The molecule has 1 spiro atoms. The van der Waals surface area contributed by atoms with Gasteiger partial charge < -0.3 is 9.47 Å². The lowest BCUT2D eigenvalue weighted by Crippen LogP contribution is -2.56. The average molecular weight is 445 g/mol. The molecule has 2 saturated carbocycles. The highest BCUT2D eigenvalue weighted by Crippen LogP contribution is 2.75. The van der Waals surface area contributed by atoms with Crippen LogP contribution in [0.15, 0.2) is 59.2 Å². The van der Waals surface area contributed by atoms with E-state index in [1.54, 1.807) is 12.7 Å². The minimum Gasteiger partial charge on any atom is -0.497 e. The molecule has 0 N–H and O–H groups in total. The van der Waals surface area contributed by atoms with Crippen molar-refractivity contribution >= 4 is 5.78 Å². The third kappa shape index (κ3) is 2.69. The summed E-state index contributed by atoms with van der Waals surface area (Å²) in [5.41, 5.74) is 7.16. The van der Waals surface area contributed by atoms with E-state index in [1.807, 2.05) is 6.08 Å². The summed E-state index contributed by atoms with van der Waals surface area (Å²) in [5.74, 6) is 2.08. The highest BCUT2D eigenvalue weighted by Gasteiger charge is 2.71. The molecule has 3 heteroatoms. The van der Waals surface area contributed by atoms with Crippen molar-refractivity contribution in [2.75, 3.05) is 13.7 Å². The van der Waals surface area contributed by atoms with Crippen LogP contribution in [0.25, 0.3) is 0 Å². The van der Waals surface area contributed by atoms with Crippen LogP contribution in [0.2, 0.25) is 0 Å². The molecule has 0 amide bonds. The first-order valence-corrected chi connectivity index (χ1v) is 12.8. The summed E-state index contributed by atoms with van der Waals surface area (Å²) in [5, 5.41) is 0. The summed E-state index contributed by atoms with van der Waals surface area (Å²) >= 11 is 0. The molecule has 5 atom stereocenters. The summed E-state index contributed by atoms with van der Waals surface area (Å²) < 4.78 is 12.1. The van der Waals surface area contributed by atoms with Crippen LogP contribution in [-0.2, 0) is 9.53 Å². The summed E-state index contributed by atoms with van der Waals surface area (Å²) in [6.45, 7) is 10.4. The number of hydrogen-bond acceptors (Lipinski definition) is 3. The molecule has 3 fully saturated rings. The minimum absolute atomic E-state index is 0.0403. The Morgan fingerprint density at radius 2 is 1.85 bits per heavy atom. The van der Waals surface area contributed by atoms with Gasteiger partial charge in [0, 0.05) is 17.8 Å². The molecule has 0 radical (unpaired) electrons. The molecule has 174 valence electrons. The molecular weight excluding hydrogens is 408 g/mol. The molecule has 1 aromatic rings. The SMILES string of the molecule is C=C1CCO[C@]12CC[C@@]1(C)[C@@H]3CCC4=CC(=O)CCC4=C3[C@@H](c3ccc(OC)cc3)C[C@@]12C. The van der Waals surface area contributed by atoms with Gasteiger partial charge in [-0.3, -0.25) is 4.79 Å². The second-order valence-electron chi connectivity index (χ2n) is 11.5. The molecule has 0 bridgehead atoms. The third-order valence-corrected chi connectivity index (χ3v) is 10.5. The van der Waals surface area contributed by atoms with Gasteiger partial charge >= 0.3 is 0 Å². The van der Waals surface area contributed by atoms with Crippen molar-refractivity contribution in [3.05, 3.63) is 64.8 Å². The molecule has 1 heterocycles. The number of rotatable bonds is 2. The second-order valence-corrected chi connectivity index (χ2v) is 11.5. The van der Waals surface area contributed by atoms with Gasteiger partial charge in [-0.15, -0.1) is 0 Å². The van der Waals surface area contributed by atoms with Gasteiger partial charge in [-0.25, -0.2) is 0 Å². The van der Waals surface area contributed by atoms with E-state index < -0.39 is 0 Å². The molecule has 1 saturated heterocycles. The first-order chi connectivity index (χ1) is 15.8. The zero-order valence-electron chi connectivity index (χ0n) is 20.3. The first-order valence-electron chi connectivity index (χ1n) is 12.8. The van der Waals surface area contributed by atoms with E-state index in [2.05, 4.69) is 44.7 Å². The van der Waals surface area contributed by atoms with Crippen LogP contribution < -0.4 is 4.74 Å². The topological polar surface area (TPSA) is 35.5 Å². The number of benzene rings is 1. The van der Waals surface area contributed by atoms with Gasteiger partial charge in [0.2, 0.25) is 0 Å². The van der Waals surface area contributed by atoms with Crippen molar-refractivity contribution in [3.63, 3.8) is 0 Å². The Hall–Kier alpha value is -2.13. The highest BCUT2D eigenvalue weighted by molar-refractivity contribution is 5.93. The summed E-state index contributed by atoms with van der Waals surface area (Å²) in [4.78, 5) is 12.3. The smallest absolute Gasteiger partial charge is 0.156 e. The Kier molecular flexibility index (Phi) is 4.66. The standard InChI is InChI=1S/C30H36O3/c1-19-13-16-33-30(19)15-14-28(2)26-12-7-21-17-22(31)8-11-24(21)27(26)25(18-29(28,30)3)20-5-9-23(32-4)10-6-20/h5-6,9-10,17,25-26H,1,7-8,11-16,18H2,2-4H3/t25-,26-,28+,29+,30-/m1/s1. The van der Waals surface area contributed by atoms with Gasteiger partial charge in [-0.2, -0.15) is 0 Å². The van der Waals surface area contributed by atoms with Gasteiger partial charge in [0.15, 0.2) is 5.78 Å². The van der Waals surface area contributed by atoms with Crippen molar-refractivity contribution in [2.24, 2.45) is 16.7 Å². The number of allylic oxidation sites excluding steroid dienone is 4. The number of ether oxygens (including phenoxy) is 2. The van der Waals surface area contributed by atoms with Crippen LogP contribution in [0.5, 0.6) is 5.75 Å². The monoisotopic (exact) mass is 444 g/mol. The lowest BCUT2D eigenvalue weighted by molar-refractivity contribution is -0.121. The molecule has 0 unspecified atom stereocenters. The summed E-state index contributed by atoms with van der Waals surface area (Å²) in [7, 11) is 1.73. The molecule has 5 aliphatic rings. The predicted molar refractivity (Wildman–Crippen MR) is 130 cm³/mol. The van der Waals surface area contributed by atoms with Crippen molar-refractivity contribution in [2.45, 2.75) is 76.7 Å². The zero-order valence-corrected chi connectivity index (χ0v) is 20.3. The maximum atomic E-state index is 12.3. The molecule has 4 aliphatic carbocycles. The molecule has 6 rings (SSSR count). The van der Waals surface area contributed by atoms with E-state index in [-0.39, 0.29) is 16.4 Å². The minimum atomic E-state index is -0.193. The molecular formula is C30H36O3. The van der Waals surface area contributed by atoms with Crippen LogP contribution in [-0.4, -0.2) is 25.1 Å². The van der Waals surface area contributed by atoms with Crippen molar-refractivity contribution in [1.82, 2.24) is 0 Å². The quantitative estimate of drug-likeness (QED) is 0.476. The molecule has 33 heavy (non-hydrogen) atoms. The Balaban J connectivity index is 1.56. The fraction of sp³-hybridized carbons (Fsp3) is 0.567. The van der Waals surface area contributed by atoms with E-state index >= 15 is 0 Å². The van der Waals surface area contributed by atoms with Crippen LogP contribution in [0, 0.1) is 16.7 Å². The zero-order chi connectivity index (χ0) is 23.0. The van der Waals surface area contributed by atoms with Crippen molar-refractivity contribution in [1.29, 1.82) is 0 Å². The average Bonchev–Trinajstić information content (AvgIpc) is 3.31. The first kappa shape index (κ1) is 21.4. The van der Waals surface area contributed by atoms with Gasteiger partial charge in [0.25, 0.3) is 0 Å². The lowest BCUT2D eigenvalue weighted by atomic mass is 9.44. The number of carbonyl (C=O) groups is 1. The van der Waals surface area contributed by atoms with Crippen molar-refractivity contribution < 1.29 is 14.3 Å². The third-order valence-electron chi connectivity index (χ3n) is 10.5. The highest BCUT2D eigenvalue weighted by atomic mass is 16.5. The molecule has 1 aromatic carbocycles. The Labute approximate surface area is 197 Å². The van der Waals surface area contributed by atoms with Crippen LogP contribution in [0.3, 0.4) is 0 Å². The second kappa shape index (κ2) is 7.18. The number of hydrogen-bond donors (Lipinski definition) is 0. The fourth-order valence-electron chi connectivity index (χ4n) is 8.60. The largest absolute Gasteiger partial charge is 0.497 e. The predicted octanol–water partition coefficient (Wildman–Crippen LogP) is 6.70. The summed E-state index contributed by atoms with van der Waals surface area (Å²) in [6.07, 6.45) is 10.0. The van der Waals surface area contributed by atoms with Crippen molar-refractivity contribution in [3.8, 4) is 5.75 Å². The van der Waals surface area contributed by atoms with Gasteiger partial charge in [-0.05, 0) is 96.8 Å². The number of fused-ring (bicyclic) bond motifs is 5. The van der Waals surface area contributed by atoms with Crippen LogP contribution in [0.1, 0.15) is 76.7 Å². The van der Waals surface area contributed by atoms with E-state index in [0.717, 1.165) is 50.9 Å². The van der Waals surface area contributed by atoms with E-state index in [4.69, 9.17) is 9.47 Å². The number of carbonyl (C=O) groups excluding carboxylic acids is 1. The Morgan fingerprint density at radius 3 is 2.55 bits per heavy atom. The Morgan fingerprint density at radius 1 is 1.06 bits per heavy atom. The number of ketones is 1. The lowest BCUT2D eigenvalue weighted by Gasteiger charge is -2.60. The van der Waals surface area contributed by atoms with E-state index in [9.17, 15) is 4.79 Å². The van der Waals surface area contributed by atoms with Crippen LogP contribution >= 0.6 is 0 Å². The molecule has 3 nitrogen and oxygen atoms in total. The maximum Gasteiger partial charge on any atom is 0.156 e. The Bertz CT molecular complexity index is 1090. The number of methoxy groups -OCH3 is 1. The van der Waals surface area contributed by atoms with E-state index in [0.29, 0.717) is 24.0 Å². The van der Waals surface area contributed by atoms with Gasteiger partial charge in [-0.1, -0.05) is 38.1 Å². The molecule has 1 aliphatic heterocycles.